The molecule has 3 rings (SSSR count). The Hall–Kier alpha value is -2.09. The second-order valence-electron chi connectivity index (χ2n) is 8.64. The lowest BCUT2D eigenvalue weighted by Crippen LogP contribution is -2.33. The third kappa shape index (κ3) is 5.29. The number of hydrogen-bond acceptors (Lipinski definition) is 7. The van der Waals surface area contributed by atoms with Crippen molar-refractivity contribution in [3.63, 3.8) is 0 Å². The molecule has 1 fully saturated rings. The van der Waals surface area contributed by atoms with Crippen molar-refractivity contribution < 1.29 is 14.2 Å². The summed E-state index contributed by atoms with van der Waals surface area (Å²) in [5, 5.41) is 0. The second kappa shape index (κ2) is 9.15. The van der Waals surface area contributed by atoms with Crippen molar-refractivity contribution in [2.75, 3.05) is 19.5 Å². The molecule has 2 aromatic heterocycles. The molecule has 162 valence electrons. The van der Waals surface area contributed by atoms with Crippen LogP contribution < -0.4 is 15.2 Å². The van der Waals surface area contributed by atoms with Crippen LogP contribution in [0.4, 0.5) is 5.82 Å². The normalized spacial score (nSPS) is 20.0. The number of rotatable bonds is 9. The van der Waals surface area contributed by atoms with Gasteiger partial charge in [0.05, 0.1) is 18.8 Å². The van der Waals surface area contributed by atoms with Crippen LogP contribution in [-0.4, -0.2) is 44.9 Å². The molecule has 0 saturated carbocycles. The fourth-order valence-corrected chi connectivity index (χ4v) is 4.18. The summed E-state index contributed by atoms with van der Waals surface area (Å²) in [7, 11) is 1.61. The van der Waals surface area contributed by atoms with E-state index in [1.165, 1.54) is 0 Å². The first kappa shape index (κ1) is 21.6. The average molecular weight is 406 g/mol. The summed E-state index contributed by atoms with van der Waals surface area (Å²) in [6.07, 6.45) is 6.36. The predicted molar refractivity (Wildman–Crippen MR) is 113 cm³/mol. The maximum Gasteiger partial charge on any atom is 0.320 e. The van der Waals surface area contributed by atoms with E-state index >= 15 is 0 Å². The highest BCUT2D eigenvalue weighted by molar-refractivity contribution is 5.83. The van der Waals surface area contributed by atoms with Gasteiger partial charge >= 0.3 is 6.01 Å². The minimum Gasteiger partial charge on any atom is -0.468 e. The maximum absolute atomic E-state index is 6.14. The van der Waals surface area contributed by atoms with Crippen molar-refractivity contribution >= 4 is 17.0 Å². The lowest BCUT2D eigenvalue weighted by molar-refractivity contribution is -0.0738. The monoisotopic (exact) mass is 405 g/mol. The lowest BCUT2D eigenvalue weighted by Gasteiger charge is -2.35. The van der Waals surface area contributed by atoms with Gasteiger partial charge in [-0.1, -0.05) is 13.3 Å². The first-order chi connectivity index (χ1) is 13.8. The van der Waals surface area contributed by atoms with Gasteiger partial charge in [0.2, 0.25) is 0 Å². The number of hydrogen-bond donors (Lipinski definition) is 1. The summed E-state index contributed by atoms with van der Waals surface area (Å²) >= 11 is 0. The minimum absolute atomic E-state index is 0.0224. The minimum atomic E-state index is -0.0224. The summed E-state index contributed by atoms with van der Waals surface area (Å²) in [5.74, 6) is 0.991. The highest BCUT2D eigenvalue weighted by Gasteiger charge is 2.28. The van der Waals surface area contributed by atoms with Gasteiger partial charge in [0.15, 0.2) is 17.0 Å². The standard InChI is InChI=1S/C21H35N5O3/c1-6-8-14(2)29-19-24-17(22)16-18(25-19)26(20(23-16)27-5)11-7-9-15-10-12-28-21(3,4)13-15/h14-15H,6-13H2,1-5H3,(H2,22,24,25)/t14-,15?/m1/s1. The molecule has 8 nitrogen and oxygen atoms in total. The molecule has 1 saturated heterocycles. The number of nitrogens with zero attached hydrogens (tertiary/aromatic N) is 4. The van der Waals surface area contributed by atoms with Crippen molar-refractivity contribution in [1.82, 2.24) is 19.5 Å². The molecule has 0 aromatic carbocycles. The summed E-state index contributed by atoms with van der Waals surface area (Å²) < 4.78 is 19.2. The van der Waals surface area contributed by atoms with Crippen LogP contribution in [-0.2, 0) is 11.3 Å². The molecule has 1 unspecified atom stereocenters. The van der Waals surface area contributed by atoms with E-state index in [1.54, 1.807) is 7.11 Å². The van der Waals surface area contributed by atoms with Crippen molar-refractivity contribution in [3.05, 3.63) is 0 Å². The lowest BCUT2D eigenvalue weighted by atomic mass is 9.85. The zero-order valence-corrected chi connectivity index (χ0v) is 18.4. The van der Waals surface area contributed by atoms with E-state index < -0.39 is 0 Å². The molecule has 0 radical (unpaired) electrons. The summed E-state index contributed by atoms with van der Waals surface area (Å²) in [6.45, 7) is 10.1. The molecule has 1 aliphatic heterocycles. The van der Waals surface area contributed by atoms with Gasteiger partial charge in [0.1, 0.15) is 0 Å². The highest BCUT2D eigenvalue weighted by Crippen LogP contribution is 2.32. The number of imidazole rings is 1. The Morgan fingerprint density at radius 3 is 2.79 bits per heavy atom. The summed E-state index contributed by atoms with van der Waals surface area (Å²) in [4.78, 5) is 13.4. The first-order valence-corrected chi connectivity index (χ1v) is 10.7. The third-order valence-electron chi connectivity index (χ3n) is 5.54. The van der Waals surface area contributed by atoms with Gasteiger partial charge in [-0.2, -0.15) is 15.0 Å². The quantitative estimate of drug-likeness (QED) is 0.674. The Balaban J connectivity index is 1.75. The first-order valence-electron chi connectivity index (χ1n) is 10.7. The molecule has 2 aromatic rings. The molecule has 0 aliphatic carbocycles. The molecule has 2 N–H and O–H groups in total. The smallest absolute Gasteiger partial charge is 0.320 e. The Morgan fingerprint density at radius 2 is 2.10 bits per heavy atom. The number of ether oxygens (including phenoxy) is 3. The van der Waals surface area contributed by atoms with E-state index in [0.717, 1.165) is 51.7 Å². The largest absolute Gasteiger partial charge is 0.468 e. The molecular weight excluding hydrogens is 370 g/mol. The van der Waals surface area contributed by atoms with Crippen LogP contribution in [0, 0.1) is 5.92 Å². The third-order valence-corrected chi connectivity index (χ3v) is 5.54. The predicted octanol–water partition coefficient (Wildman–Crippen LogP) is 3.97. The van der Waals surface area contributed by atoms with E-state index in [2.05, 4.69) is 35.7 Å². The van der Waals surface area contributed by atoms with E-state index in [9.17, 15) is 0 Å². The molecule has 0 bridgehead atoms. The number of nitrogen functional groups attached to an aromatic ring is 1. The fourth-order valence-electron chi connectivity index (χ4n) is 4.18. The van der Waals surface area contributed by atoms with E-state index in [1.807, 2.05) is 11.5 Å². The van der Waals surface area contributed by atoms with Crippen LogP contribution in [0.2, 0.25) is 0 Å². The van der Waals surface area contributed by atoms with Crippen LogP contribution in [0.1, 0.15) is 66.2 Å². The number of methoxy groups -OCH3 is 1. The Morgan fingerprint density at radius 1 is 1.31 bits per heavy atom. The molecule has 2 atom stereocenters. The number of aryl methyl sites for hydroxylation is 1. The molecular formula is C21H35N5O3. The SMILES string of the molecule is CCC[C@@H](C)Oc1nc(N)c2nc(OC)n(CCCC3CCOC(C)(C)C3)c2n1. The topological polar surface area (TPSA) is 97.3 Å². The summed E-state index contributed by atoms with van der Waals surface area (Å²) in [5.41, 5.74) is 7.35. The Bertz CT molecular complexity index is 820. The van der Waals surface area contributed by atoms with Crippen molar-refractivity contribution in [2.24, 2.45) is 5.92 Å². The van der Waals surface area contributed by atoms with Crippen LogP contribution >= 0.6 is 0 Å². The van der Waals surface area contributed by atoms with Crippen molar-refractivity contribution in [1.29, 1.82) is 0 Å². The molecule has 0 spiro atoms. The molecule has 1 aliphatic rings. The summed E-state index contributed by atoms with van der Waals surface area (Å²) in [6, 6.07) is 0.804. The number of anilines is 1. The van der Waals surface area contributed by atoms with Crippen molar-refractivity contribution in [3.8, 4) is 12.0 Å². The molecule has 0 amide bonds. The number of aromatic nitrogens is 4. The van der Waals surface area contributed by atoms with Crippen LogP contribution in [0.15, 0.2) is 0 Å². The van der Waals surface area contributed by atoms with Gasteiger partial charge in [-0.3, -0.25) is 4.57 Å². The van der Waals surface area contributed by atoms with Crippen LogP contribution in [0.25, 0.3) is 11.2 Å². The van der Waals surface area contributed by atoms with Gasteiger partial charge in [-0.05, 0) is 58.8 Å². The zero-order valence-electron chi connectivity index (χ0n) is 18.4. The van der Waals surface area contributed by atoms with Gasteiger partial charge in [-0.25, -0.2) is 0 Å². The van der Waals surface area contributed by atoms with Gasteiger partial charge in [0.25, 0.3) is 6.01 Å². The molecule has 8 heteroatoms. The Kier molecular flexibility index (Phi) is 6.82. The van der Waals surface area contributed by atoms with E-state index in [0.29, 0.717) is 34.9 Å². The average Bonchev–Trinajstić information content (AvgIpc) is 2.99. The van der Waals surface area contributed by atoms with Crippen molar-refractivity contribution in [2.45, 2.75) is 84.5 Å². The second-order valence-corrected chi connectivity index (χ2v) is 8.64. The van der Waals surface area contributed by atoms with Gasteiger partial charge in [0, 0.05) is 13.2 Å². The number of fused-ring (bicyclic) bond motifs is 1. The highest BCUT2D eigenvalue weighted by atomic mass is 16.5. The van der Waals surface area contributed by atoms with E-state index in [4.69, 9.17) is 19.9 Å². The zero-order chi connectivity index (χ0) is 21.0. The van der Waals surface area contributed by atoms with Gasteiger partial charge < -0.3 is 19.9 Å². The number of nitrogens with two attached hydrogens (primary N) is 1. The van der Waals surface area contributed by atoms with Crippen LogP contribution in [0.3, 0.4) is 0 Å². The van der Waals surface area contributed by atoms with Crippen LogP contribution in [0.5, 0.6) is 12.0 Å². The van der Waals surface area contributed by atoms with E-state index in [-0.39, 0.29) is 11.7 Å². The Labute approximate surface area is 173 Å². The maximum atomic E-state index is 6.14. The fraction of sp³-hybridized carbons (Fsp3) is 0.762. The molecule has 3 heterocycles. The molecule has 29 heavy (non-hydrogen) atoms. The van der Waals surface area contributed by atoms with Gasteiger partial charge in [-0.15, -0.1) is 0 Å².